The molecule has 0 N–H and O–H groups in total. The smallest absolute Gasteiger partial charge is 0.422 e. The Bertz CT molecular complexity index is 398. The van der Waals surface area contributed by atoms with E-state index in [1.165, 1.54) is 18.9 Å². The Morgan fingerprint density at radius 3 is 2.16 bits per heavy atom. The van der Waals surface area contributed by atoms with Gasteiger partial charge in [0.05, 0.1) is 6.61 Å². The molecule has 0 spiro atoms. The molecular weight excluding hydrogens is 257 g/mol. The van der Waals surface area contributed by atoms with Crippen molar-refractivity contribution in [2.75, 3.05) is 13.2 Å². The minimum atomic E-state index is -4.33. The van der Waals surface area contributed by atoms with E-state index < -0.39 is 12.8 Å². The number of hydrogen-bond acceptors (Lipinski definition) is 2. The van der Waals surface area contributed by atoms with Crippen LogP contribution in [0.1, 0.15) is 25.7 Å². The summed E-state index contributed by atoms with van der Waals surface area (Å²) in [5.74, 6) is 1.05. The first-order valence-corrected chi connectivity index (χ1v) is 6.46. The van der Waals surface area contributed by atoms with E-state index in [9.17, 15) is 13.2 Å². The van der Waals surface area contributed by atoms with Gasteiger partial charge in [0, 0.05) is 0 Å². The van der Waals surface area contributed by atoms with Crippen LogP contribution in [0.4, 0.5) is 13.2 Å². The van der Waals surface area contributed by atoms with Crippen LogP contribution >= 0.6 is 0 Å². The Balaban J connectivity index is 1.91. The van der Waals surface area contributed by atoms with Crippen molar-refractivity contribution < 1.29 is 22.6 Å². The fraction of sp³-hybridized carbons (Fsp3) is 0.571. The van der Waals surface area contributed by atoms with Crippen LogP contribution in [0.3, 0.4) is 0 Å². The van der Waals surface area contributed by atoms with Crippen LogP contribution in [-0.2, 0) is 0 Å². The van der Waals surface area contributed by atoms with Crippen LogP contribution in [0, 0.1) is 5.92 Å². The predicted octanol–water partition coefficient (Wildman–Crippen LogP) is 4.20. The summed E-state index contributed by atoms with van der Waals surface area (Å²) >= 11 is 0. The van der Waals surface area contributed by atoms with E-state index in [2.05, 4.69) is 0 Å². The Morgan fingerprint density at radius 1 is 1.00 bits per heavy atom. The van der Waals surface area contributed by atoms with Crippen molar-refractivity contribution in [1.29, 1.82) is 0 Å². The lowest BCUT2D eigenvalue weighted by Crippen LogP contribution is -2.19. The molecule has 106 valence electrons. The first-order chi connectivity index (χ1) is 9.04. The van der Waals surface area contributed by atoms with Crippen LogP contribution in [0.2, 0.25) is 0 Å². The molecule has 0 amide bonds. The highest BCUT2D eigenvalue weighted by molar-refractivity contribution is 5.39. The van der Waals surface area contributed by atoms with Crippen molar-refractivity contribution in [2.45, 2.75) is 31.9 Å². The van der Waals surface area contributed by atoms with Gasteiger partial charge in [-0.1, -0.05) is 25.0 Å². The molecule has 0 aromatic heterocycles. The molecular formula is C14H17F3O2. The third-order valence-electron chi connectivity index (χ3n) is 3.19. The van der Waals surface area contributed by atoms with E-state index in [-0.39, 0.29) is 5.75 Å². The second kappa shape index (κ2) is 6.17. The second-order valence-corrected chi connectivity index (χ2v) is 4.81. The molecule has 1 aliphatic rings. The SMILES string of the molecule is FC(F)(F)COc1ccccc1OCC1CCCC1. The minimum absolute atomic E-state index is 0.151. The second-order valence-electron chi connectivity index (χ2n) is 4.81. The maximum Gasteiger partial charge on any atom is 0.422 e. The average Bonchev–Trinajstić information content (AvgIpc) is 2.87. The maximum atomic E-state index is 12.1. The molecule has 19 heavy (non-hydrogen) atoms. The molecule has 0 aliphatic heterocycles. The van der Waals surface area contributed by atoms with Crippen LogP contribution in [0.5, 0.6) is 11.5 Å². The summed E-state index contributed by atoms with van der Waals surface area (Å²) < 4.78 is 46.8. The molecule has 1 aromatic carbocycles. The minimum Gasteiger partial charge on any atom is -0.489 e. The number of hydrogen-bond donors (Lipinski definition) is 0. The maximum absolute atomic E-state index is 12.1. The number of para-hydroxylation sites is 2. The third kappa shape index (κ3) is 4.65. The van der Waals surface area contributed by atoms with Gasteiger partial charge in [-0.15, -0.1) is 0 Å². The van der Waals surface area contributed by atoms with Gasteiger partial charge in [-0.25, -0.2) is 0 Å². The lowest BCUT2D eigenvalue weighted by atomic mass is 10.1. The Morgan fingerprint density at radius 2 is 1.58 bits per heavy atom. The summed E-state index contributed by atoms with van der Waals surface area (Å²) in [6.07, 6.45) is 0.343. The van der Waals surface area contributed by atoms with Gasteiger partial charge in [-0.3, -0.25) is 0 Å². The van der Waals surface area contributed by atoms with Crippen molar-refractivity contribution >= 4 is 0 Å². The molecule has 0 saturated heterocycles. The van der Waals surface area contributed by atoms with E-state index >= 15 is 0 Å². The van der Waals surface area contributed by atoms with Crippen molar-refractivity contribution in [3.63, 3.8) is 0 Å². The van der Waals surface area contributed by atoms with Gasteiger partial charge >= 0.3 is 6.18 Å². The van der Waals surface area contributed by atoms with E-state index in [1.54, 1.807) is 18.2 Å². The highest BCUT2D eigenvalue weighted by Gasteiger charge is 2.29. The number of ether oxygens (including phenoxy) is 2. The summed E-state index contributed by atoms with van der Waals surface area (Å²) in [5.41, 5.74) is 0. The van der Waals surface area contributed by atoms with Crippen LogP contribution in [0.25, 0.3) is 0 Å². The largest absolute Gasteiger partial charge is 0.489 e. The molecule has 0 atom stereocenters. The van der Waals surface area contributed by atoms with Crippen molar-refractivity contribution in [3.8, 4) is 11.5 Å². The Labute approximate surface area is 110 Å². The van der Waals surface area contributed by atoms with Gasteiger partial charge < -0.3 is 9.47 Å². The van der Waals surface area contributed by atoms with E-state index in [1.807, 2.05) is 0 Å². The van der Waals surface area contributed by atoms with Gasteiger partial charge in [-0.2, -0.15) is 13.2 Å². The lowest BCUT2D eigenvalue weighted by Gasteiger charge is -2.15. The molecule has 0 radical (unpaired) electrons. The molecule has 1 aliphatic carbocycles. The number of rotatable bonds is 5. The number of alkyl halides is 3. The Hall–Kier alpha value is -1.39. The van der Waals surface area contributed by atoms with Gasteiger partial charge in [0.15, 0.2) is 18.1 Å². The van der Waals surface area contributed by atoms with E-state index in [4.69, 9.17) is 9.47 Å². The quantitative estimate of drug-likeness (QED) is 0.801. The molecule has 5 heteroatoms. The number of halogens is 3. The monoisotopic (exact) mass is 274 g/mol. The topological polar surface area (TPSA) is 18.5 Å². The first kappa shape index (κ1) is 14.0. The summed E-state index contributed by atoms with van der Waals surface area (Å²) in [7, 11) is 0. The van der Waals surface area contributed by atoms with Crippen LogP contribution in [0.15, 0.2) is 24.3 Å². The summed E-state index contributed by atoms with van der Waals surface area (Å²) in [6.45, 7) is -0.747. The standard InChI is InChI=1S/C14H17F3O2/c15-14(16,17)10-19-13-8-4-3-7-12(13)18-9-11-5-1-2-6-11/h3-4,7-8,11H,1-2,5-6,9-10H2. The third-order valence-corrected chi connectivity index (χ3v) is 3.19. The van der Waals surface area contributed by atoms with E-state index in [0.717, 1.165) is 12.8 Å². The zero-order valence-electron chi connectivity index (χ0n) is 10.6. The summed E-state index contributed by atoms with van der Waals surface area (Å²) in [6, 6.07) is 6.49. The van der Waals surface area contributed by atoms with Crippen molar-refractivity contribution in [1.82, 2.24) is 0 Å². The molecule has 0 unspecified atom stereocenters. The molecule has 0 bridgehead atoms. The van der Waals surface area contributed by atoms with Crippen molar-refractivity contribution in [2.24, 2.45) is 5.92 Å². The molecule has 2 rings (SSSR count). The van der Waals surface area contributed by atoms with Crippen LogP contribution < -0.4 is 9.47 Å². The molecule has 0 heterocycles. The number of benzene rings is 1. The normalized spacial score (nSPS) is 16.6. The molecule has 2 nitrogen and oxygen atoms in total. The first-order valence-electron chi connectivity index (χ1n) is 6.46. The Kier molecular flexibility index (Phi) is 4.56. The molecule has 1 fully saturated rings. The van der Waals surface area contributed by atoms with Crippen molar-refractivity contribution in [3.05, 3.63) is 24.3 Å². The average molecular weight is 274 g/mol. The zero-order valence-corrected chi connectivity index (χ0v) is 10.6. The van der Waals surface area contributed by atoms with Gasteiger partial charge in [0.25, 0.3) is 0 Å². The van der Waals surface area contributed by atoms with Crippen LogP contribution in [-0.4, -0.2) is 19.4 Å². The predicted molar refractivity (Wildman–Crippen MR) is 65.4 cm³/mol. The van der Waals surface area contributed by atoms with Gasteiger partial charge in [-0.05, 0) is 30.9 Å². The fourth-order valence-corrected chi connectivity index (χ4v) is 2.23. The highest BCUT2D eigenvalue weighted by atomic mass is 19.4. The molecule has 1 saturated carbocycles. The zero-order chi connectivity index (χ0) is 13.7. The van der Waals surface area contributed by atoms with E-state index in [0.29, 0.717) is 18.3 Å². The summed E-state index contributed by atoms with van der Waals surface area (Å²) in [5, 5.41) is 0. The van der Waals surface area contributed by atoms with Gasteiger partial charge in [0.1, 0.15) is 0 Å². The van der Waals surface area contributed by atoms with Gasteiger partial charge in [0.2, 0.25) is 0 Å². The lowest BCUT2D eigenvalue weighted by molar-refractivity contribution is -0.153. The molecule has 1 aromatic rings. The fourth-order valence-electron chi connectivity index (χ4n) is 2.23. The summed E-state index contributed by atoms with van der Waals surface area (Å²) in [4.78, 5) is 0. The highest BCUT2D eigenvalue weighted by Crippen LogP contribution is 2.31.